The van der Waals surface area contributed by atoms with Crippen molar-refractivity contribution in [1.29, 1.82) is 0 Å². The number of carbonyl (C=O) groups excluding carboxylic acids is 2. The molecule has 0 bridgehead atoms. The Balaban J connectivity index is 0.000000512. The number of methoxy groups -OCH3 is 1. The number of hydrogen-bond acceptors (Lipinski definition) is 7. The minimum atomic E-state index is -0.546. The van der Waals surface area contributed by atoms with Gasteiger partial charge in [-0.15, -0.1) is 0 Å². The molecule has 5 atom stereocenters. The van der Waals surface area contributed by atoms with E-state index in [1.807, 2.05) is 77.2 Å². The SMILES string of the molecule is CC.CCCc1cc(Cl)ccc1C1COc2ccc(C(C)O)cc2N(CC2CCC2C(/C=C/CCN(C)C(C)=O)OC)C1.Cc1ccc(SNC=O)cc1. The third kappa shape index (κ3) is 13.4. The molecule has 0 radical (unpaired) electrons. The summed E-state index contributed by atoms with van der Waals surface area (Å²) in [7, 11) is 3.63. The molecule has 1 heterocycles. The zero-order valence-corrected chi connectivity index (χ0v) is 35.1. The predicted octanol–water partition coefficient (Wildman–Crippen LogP) is 9.57. The number of aliphatic hydroxyl groups excluding tert-OH is 1. The van der Waals surface area contributed by atoms with E-state index in [1.165, 1.54) is 28.6 Å². The monoisotopic (exact) mass is 779 g/mol. The lowest BCUT2D eigenvalue weighted by Crippen LogP contribution is -2.44. The standard InChI is InChI=1S/C34H47ClN2O4.C8H9NOS.C2H6/c1-6-9-26-18-29(35)13-15-30(26)28-21-37(32-19-25(23(2)38)12-16-34(32)41-22-28)20-27-11-14-31(27)33(40-5)10-7-8-17-36(4)24(3)39;1-7-2-4-8(5-3-7)11-9-6-10;1-2/h7,10,12-13,15-16,18-19,23,27-28,31,33,38H,6,8-9,11,14,17,20-22H2,1-5H3;2-6H,1H3,(H,9,10);1-2H3/b10-7+;;. The zero-order valence-electron chi connectivity index (χ0n) is 33.5. The predicted molar refractivity (Wildman–Crippen MR) is 225 cm³/mol. The highest BCUT2D eigenvalue weighted by atomic mass is 35.5. The second kappa shape index (κ2) is 23.4. The van der Waals surface area contributed by atoms with E-state index < -0.39 is 6.10 Å². The summed E-state index contributed by atoms with van der Waals surface area (Å²) >= 11 is 7.71. The van der Waals surface area contributed by atoms with Crippen LogP contribution in [0.5, 0.6) is 5.75 Å². The summed E-state index contributed by atoms with van der Waals surface area (Å²) in [5.74, 6) is 2.06. The second-order valence-corrected chi connectivity index (χ2v) is 15.3. The zero-order chi connectivity index (χ0) is 39.6. The van der Waals surface area contributed by atoms with Crippen LogP contribution >= 0.6 is 23.5 Å². The Morgan fingerprint density at radius 2 is 1.89 bits per heavy atom. The number of benzene rings is 3. The van der Waals surface area contributed by atoms with Crippen LogP contribution in [0.3, 0.4) is 0 Å². The van der Waals surface area contributed by atoms with Crippen LogP contribution in [-0.2, 0) is 20.7 Å². The van der Waals surface area contributed by atoms with Gasteiger partial charge in [-0.2, -0.15) is 0 Å². The lowest BCUT2D eigenvalue weighted by atomic mass is 9.70. The number of aryl methyl sites for hydroxylation is 2. The van der Waals surface area contributed by atoms with Gasteiger partial charge in [0.1, 0.15) is 5.75 Å². The summed E-state index contributed by atoms with van der Waals surface area (Å²) in [6.07, 6.45) is 9.65. The molecule has 0 aromatic heterocycles. The maximum Gasteiger partial charge on any atom is 0.219 e. The van der Waals surface area contributed by atoms with Gasteiger partial charge in [-0.25, -0.2) is 0 Å². The Morgan fingerprint density at radius 3 is 2.50 bits per heavy atom. The van der Waals surface area contributed by atoms with Crippen LogP contribution in [-0.4, -0.2) is 68.8 Å². The quantitative estimate of drug-likeness (QED) is 0.0902. The highest BCUT2D eigenvalue weighted by Crippen LogP contribution is 2.43. The fourth-order valence-corrected chi connectivity index (χ4v) is 7.53. The number of fused-ring (bicyclic) bond motifs is 1. The van der Waals surface area contributed by atoms with Gasteiger partial charge >= 0.3 is 0 Å². The van der Waals surface area contributed by atoms with Crippen LogP contribution in [0.25, 0.3) is 0 Å². The van der Waals surface area contributed by atoms with Crippen molar-refractivity contribution in [3.05, 3.63) is 100 Å². The normalized spacial score (nSPS) is 18.6. The number of anilines is 1. The number of ether oxygens (including phenoxy) is 2. The molecule has 2 aliphatic rings. The van der Waals surface area contributed by atoms with Gasteiger partial charge in [0.15, 0.2) is 0 Å². The van der Waals surface area contributed by atoms with Crippen LogP contribution in [0.15, 0.2) is 77.7 Å². The lowest BCUT2D eigenvalue weighted by molar-refractivity contribution is -0.127. The topological polar surface area (TPSA) is 91.3 Å². The average molecular weight is 781 g/mol. The van der Waals surface area contributed by atoms with Crippen molar-refractivity contribution in [2.24, 2.45) is 11.8 Å². The fourth-order valence-electron chi connectivity index (χ4n) is 6.88. The lowest BCUT2D eigenvalue weighted by Gasteiger charge is -2.43. The molecule has 2 amide bonds. The molecule has 1 aliphatic carbocycles. The van der Waals surface area contributed by atoms with Gasteiger partial charge in [0.25, 0.3) is 0 Å². The van der Waals surface area contributed by atoms with Crippen molar-refractivity contribution < 1.29 is 24.2 Å². The Morgan fingerprint density at radius 1 is 1.15 bits per heavy atom. The van der Waals surface area contributed by atoms with Gasteiger partial charge in [-0.3, -0.25) is 14.3 Å². The van der Waals surface area contributed by atoms with Crippen LogP contribution in [0, 0.1) is 18.8 Å². The first-order chi connectivity index (χ1) is 26.0. The van der Waals surface area contributed by atoms with E-state index in [4.69, 9.17) is 21.1 Å². The molecule has 5 rings (SSSR count). The van der Waals surface area contributed by atoms with E-state index >= 15 is 0 Å². The van der Waals surface area contributed by atoms with Gasteiger partial charge in [0.2, 0.25) is 12.3 Å². The molecular formula is C44H62ClN3O5S. The van der Waals surface area contributed by atoms with E-state index in [1.54, 1.807) is 18.9 Å². The molecule has 3 aromatic carbocycles. The number of carbonyl (C=O) groups is 2. The Hall–Kier alpha value is -3.50. The van der Waals surface area contributed by atoms with Crippen molar-refractivity contribution in [2.45, 2.75) is 96.7 Å². The summed E-state index contributed by atoms with van der Waals surface area (Å²) in [5, 5.41) is 11.1. The van der Waals surface area contributed by atoms with Crippen LogP contribution in [0.4, 0.5) is 5.69 Å². The molecule has 54 heavy (non-hydrogen) atoms. The third-order valence-electron chi connectivity index (χ3n) is 10.1. The molecule has 1 fully saturated rings. The second-order valence-electron chi connectivity index (χ2n) is 13.9. The molecule has 0 saturated heterocycles. The molecule has 2 N–H and O–H groups in total. The van der Waals surface area contributed by atoms with Crippen molar-refractivity contribution in [3.63, 3.8) is 0 Å². The van der Waals surface area contributed by atoms with E-state index in [0.29, 0.717) is 31.4 Å². The number of amides is 2. The van der Waals surface area contributed by atoms with E-state index in [2.05, 4.69) is 46.9 Å². The maximum absolute atomic E-state index is 11.5. The number of hydrogen-bond donors (Lipinski definition) is 2. The molecule has 10 heteroatoms. The molecule has 296 valence electrons. The molecular weight excluding hydrogens is 718 g/mol. The summed E-state index contributed by atoms with van der Waals surface area (Å²) in [5.41, 5.74) is 5.78. The number of nitrogens with zero attached hydrogens (tertiary/aromatic N) is 2. The molecule has 1 aliphatic heterocycles. The number of aliphatic hydroxyl groups is 1. The smallest absolute Gasteiger partial charge is 0.219 e. The first-order valence-electron chi connectivity index (χ1n) is 19.4. The first-order valence-corrected chi connectivity index (χ1v) is 20.6. The van der Waals surface area contributed by atoms with Crippen LogP contribution in [0.1, 0.15) is 94.6 Å². The molecule has 5 unspecified atom stereocenters. The van der Waals surface area contributed by atoms with Crippen LogP contribution < -0.4 is 14.4 Å². The van der Waals surface area contributed by atoms with Crippen molar-refractivity contribution in [1.82, 2.24) is 9.62 Å². The van der Waals surface area contributed by atoms with Gasteiger partial charge in [-0.1, -0.05) is 80.8 Å². The van der Waals surface area contributed by atoms with Crippen LogP contribution in [0.2, 0.25) is 5.02 Å². The van der Waals surface area contributed by atoms with Crippen molar-refractivity contribution in [3.8, 4) is 5.75 Å². The third-order valence-corrected chi connectivity index (χ3v) is 11.1. The average Bonchev–Trinajstić information content (AvgIpc) is 3.34. The van der Waals surface area contributed by atoms with Crippen molar-refractivity contribution >= 4 is 41.6 Å². The van der Waals surface area contributed by atoms with E-state index in [-0.39, 0.29) is 17.9 Å². The maximum atomic E-state index is 11.5. The highest BCUT2D eigenvalue weighted by molar-refractivity contribution is 7.97. The molecule has 3 aromatic rings. The first kappa shape index (κ1) is 44.9. The highest BCUT2D eigenvalue weighted by Gasteiger charge is 2.38. The molecule has 8 nitrogen and oxygen atoms in total. The summed E-state index contributed by atoms with van der Waals surface area (Å²) in [6.45, 7) is 14.7. The number of rotatable bonds is 15. The fraction of sp³-hybridized carbons (Fsp3) is 0.500. The minimum absolute atomic E-state index is 0.0473. The van der Waals surface area contributed by atoms with E-state index in [9.17, 15) is 14.7 Å². The van der Waals surface area contributed by atoms with Crippen molar-refractivity contribution in [2.75, 3.05) is 45.3 Å². The Labute approximate surface area is 333 Å². The van der Waals surface area contributed by atoms with Gasteiger partial charge in [0.05, 0.1) is 24.5 Å². The number of halogens is 1. The van der Waals surface area contributed by atoms with Gasteiger partial charge in [-0.05, 0) is 116 Å². The number of nitrogens with one attached hydrogen (secondary N) is 1. The van der Waals surface area contributed by atoms with Gasteiger partial charge in [0, 0.05) is 56.6 Å². The minimum Gasteiger partial charge on any atom is -0.491 e. The molecule has 0 spiro atoms. The Kier molecular flexibility index (Phi) is 19.5. The summed E-state index contributed by atoms with van der Waals surface area (Å²) < 4.78 is 14.9. The summed E-state index contributed by atoms with van der Waals surface area (Å²) in [4.78, 5) is 26.7. The van der Waals surface area contributed by atoms with Gasteiger partial charge < -0.3 is 24.4 Å². The molecule has 1 saturated carbocycles. The summed E-state index contributed by atoms with van der Waals surface area (Å²) in [6, 6.07) is 20.3. The Bertz CT molecular complexity index is 1620. The largest absolute Gasteiger partial charge is 0.491 e. The van der Waals surface area contributed by atoms with E-state index in [0.717, 1.165) is 72.1 Å².